The first-order valence-electron chi connectivity index (χ1n) is 7.17. The Morgan fingerprint density at radius 1 is 1.16 bits per heavy atom. The maximum atomic E-state index is 12.6. The fourth-order valence-electron chi connectivity index (χ4n) is 2.06. The van der Waals surface area contributed by atoms with E-state index < -0.39 is 17.7 Å². The predicted molar refractivity (Wildman–Crippen MR) is 90.8 cm³/mol. The first kappa shape index (κ1) is 18.6. The van der Waals surface area contributed by atoms with Crippen LogP contribution >= 0.6 is 15.9 Å². The second-order valence-corrected chi connectivity index (χ2v) is 5.74. The number of phenolic OH excluding ortho intramolecular Hbond substituents is 1. The molecule has 0 unspecified atom stereocenters. The number of halogens is 1. The Kier molecular flexibility index (Phi) is 5.87. The van der Waals surface area contributed by atoms with Gasteiger partial charge in [0.1, 0.15) is 5.75 Å². The molecule has 8 heteroatoms. The summed E-state index contributed by atoms with van der Waals surface area (Å²) in [6.45, 7) is 1.70. The number of hydrogen-bond donors (Lipinski definition) is 1. The highest BCUT2D eigenvalue weighted by Crippen LogP contribution is 2.25. The Balaban J connectivity index is 2.54. The lowest BCUT2D eigenvalue weighted by molar-refractivity contribution is 0.0501. The van der Waals surface area contributed by atoms with Crippen molar-refractivity contribution in [2.45, 2.75) is 6.92 Å². The van der Waals surface area contributed by atoms with Crippen LogP contribution in [-0.4, -0.2) is 41.5 Å². The Bertz CT molecular complexity index is 849. The molecule has 130 valence electrons. The van der Waals surface area contributed by atoms with E-state index in [4.69, 9.17) is 4.74 Å². The van der Waals surface area contributed by atoms with Crippen LogP contribution in [0, 0.1) is 0 Å². The van der Waals surface area contributed by atoms with Crippen molar-refractivity contribution in [1.82, 2.24) is 4.98 Å². The number of aromatic hydroxyl groups is 1. The summed E-state index contributed by atoms with van der Waals surface area (Å²) in [5.74, 6) is -2.41. The molecule has 0 radical (unpaired) electrons. The normalized spacial score (nSPS) is 10.2. The second kappa shape index (κ2) is 7.89. The molecule has 0 saturated carbocycles. The van der Waals surface area contributed by atoms with Gasteiger partial charge < -0.3 is 14.6 Å². The quantitative estimate of drug-likeness (QED) is 0.600. The molecule has 7 nitrogen and oxygen atoms in total. The molecule has 0 aliphatic heterocycles. The van der Waals surface area contributed by atoms with Crippen LogP contribution in [0.25, 0.3) is 0 Å². The standard InChI is InChI=1S/C17H14BrNO6/c1-3-25-16(22)12-6-9(8-19-14(12)17(23)24-2)15(21)11-7-10(18)4-5-13(11)20/h4-8,20H,3H2,1-2H3. The zero-order valence-corrected chi connectivity index (χ0v) is 15.0. The van der Waals surface area contributed by atoms with Gasteiger partial charge in [0.05, 0.1) is 24.8 Å². The minimum Gasteiger partial charge on any atom is -0.507 e. The number of ketones is 1. The van der Waals surface area contributed by atoms with Gasteiger partial charge in [0, 0.05) is 16.2 Å². The number of benzene rings is 1. The third kappa shape index (κ3) is 4.03. The number of methoxy groups -OCH3 is 1. The van der Waals surface area contributed by atoms with Crippen LogP contribution < -0.4 is 0 Å². The van der Waals surface area contributed by atoms with Crippen molar-refractivity contribution in [2.75, 3.05) is 13.7 Å². The van der Waals surface area contributed by atoms with Gasteiger partial charge in [-0.2, -0.15) is 0 Å². The molecule has 0 bridgehead atoms. The monoisotopic (exact) mass is 407 g/mol. The first-order valence-corrected chi connectivity index (χ1v) is 7.97. The largest absolute Gasteiger partial charge is 0.507 e. The molecular formula is C17H14BrNO6. The number of carbonyl (C=O) groups excluding carboxylic acids is 3. The molecule has 1 aromatic carbocycles. The molecule has 0 saturated heterocycles. The van der Waals surface area contributed by atoms with Crippen LogP contribution in [0.2, 0.25) is 0 Å². The van der Waals surface area contributed by atoms with Crippen LogP contribution in [0.3, 0.4) is 0 Å². The topological polar surface area (TPSA) is 103 Å². The van der Waals surface area contributed by atoms with E-state index in [0.717, 1.165) is 13.3 Å². The van der Waals surface area contributed by atoms with Crippen LogP contribution in [0.4, 0.5) is 0 Å². The lowest BCUT2D eigenvalue weighted by Gasteiger charge is -2.09. The number of rotatable bonds is 5. The number of hydrogen-bond acceptors (Lipinski definition) is 7. The molecule has 0 amide bonds. The number of ether oxygens (including phenoxy) is 2. The fourth-order valence-corrected chi connectivity index (χ4v) is 2.42. The van der Waals surface area contributed by atoms with Crippen molar-refractivity contribution >= 4 is 33.7 Å². The molecule has 25 heavy (non-hydrogen) atoms. The maximum Gasteiger partial charge on any atom is 0.357 e. The molecule has 0 spiro atoms. The third-order valence-corrected chi connectivity index (χ3v) is 3.72. The van der Waals surface area contributed by atoms with Crippen molar-refractivity contribution in [2.24, 2.45) is 0 Å². The van der Waals surface area contributed by atoms with Gasteiger partial charge in [-0.25, -0.2) is 14.6 Å². The molecule has 1 aromatic heterocycles. The SMILES string of the molecule is CCOC(=O)c1cc(C(=O)c2cc(Br)ccc2O)cnc1C(=O)OC. The first-order chi connectivity index (χ1) is 11.9. The Morgan fingerprint density at radius 3 is 2.52 bits per heavy atom. The number of pyridine rings is 1. The molecule has 1 N–H and O–H groups in total. The predicted octanol–water partition coefficient (Wildman–Crippen LogP) is 2.74. The van der Waals surface area contributed by atoms with Crippen LogP contribution in [0.15, 0.2) is 34.9 Å². The molecule has 0 atom stereocenters. The lowest BCUT2D eigenvalue weighted by atomic mass is 10.0. The number of esters is 2. The summed E-state index contributed by atoms with van der Waals surface area (Å²) in [5, 5.41) is 9.88. The third-order valence-electron chi connectivity index (χ3n) is 3.23. The van der Waals surface area contributed by atoms with E-state index in [1.807, 2.05) is 0 Å². The van der Waals surface area contributed by atoms with Crippen molar-refractivity contribution in [3.05, 3.63) is 57.3 Å². The fraction of sp³-hybridized carbons (Fsp3) is 0.176. The average Bonchev–Trinajstić information content (AvgIpc) is 2.62. The summed E-state index contributed by atoms with van der Waals surface area (Å²) in [6.07, 6.45) is 1.14. The molecule has 0 aliphatic carbocycles. The van der Waals surface area contributed by atoms with Gasteiger partial charge >= 0.3 is 11.9 Å². The highest BCUT2D eigenvalue weighted by molar-refractivity contribution is 9.10. The van der Waals surface area contributed by atoms with Gasteiger partial charge in [0.2, 0.25) is 0 Å². The molecule has 0 aliphatic rings. The summed E-state index contributed by atoms with van der Waals surface area (Å²) >= 11 is 3.22. The summed E-state index contributed by atoms with van der Waals surface area (Å²) in [7, 11) is 1.15. The summed E-state index contributed by atoms with van der Waals surface area (Å²) < 4.78 is 10.1. The van der Waals surface area contributed by atoms with E-state index in [1.165, 1.54) is 18.2 Å². The Labute approximate surface area is 151 Å². The van der Waals surface area contributed by atoms with E-state index in [2.05, 4.69) is 25.7 Å². The molecule has 2 rings (SSSR count). The van der Waals surface area contributed by atoms with E-state index in [1.54, 1.807) is 13.0 Å². The molecular weight excluding hydrogens is 394 g/mol. The number of aromatic nitrogens is 1. The van der Waals surface area contributed by atoms with Crippen LogP contribution in [0.1, 0.15) is 43.7 Å². The highest BCUT2D eigenvalue weighted by Gasteiger charge is 2.24. The van der Waals surface area contributed by atoms with Gasteiger partial charge in [0.25, 0.3) is 0 Å². The average molecular weight is 408 g/mol. The van der Waals surface area contributed by atoms with Crippen molar-refractivity contribution in [3.63, 3.8) is 0 Å². The van der Waals surface area contributed by atoms with E-state index >= 15 is 0 Å². The van der Waals surface area contributed by atoms with Gasteiger partial charge in [0.15, 0.2) is 11.5 Å². The molecule has 1 heterocycles. The number of phenols is 1. The van der Waals surface area contributed by atoms with Crippen LogP contribution in [0.5, 0.6) is 5.75 Å². The smallest absolute Gasteiger partial charge is 0.357 e. The van der Waals surface area contributed by atoms with Crippen molar-refractivity contribution in [1.29, 1.82) is 0 Å². The van der Waals surface area contributed by atoms with E-state index in [-0.39, 0.29) is 34.7 Å². The highest BCUT2D eigenvalue weighted by atomic mass is 79.9. The van der Waals surface area contributed by atoms with Gasteiger partial charge in [-0.1, -0.05) is 15.9 Å². The second-order valence-electron chi connectivity index (χ2n) is 4.82. The van der Waals surface area contributed by atoms with E-state index in [9.17, 15) is 19.5 Å². The maximum absolute atomic E-state index is 12.6. The minimum absolute atomic E-state index is 0.0177. The number of carbonyl (C=O) groups is 3. The van der Waals surface area contributed by atoms with Crippen molar-refractivity contribution < 1.29 is 29.0 Å². The molecule has 2 aromatic rings. The Morgan fingerprint density at radius 2 is 1.88 bits per heavy atom. The summed E-state index contributed by atoms with van der Waals surface area (Å²) in [4.78, 5) is 40.3. The van der Waals surface area contributed by atoms with E-state index in [0.29, 0.717) is 4.47 Å². The van der Waals surface area contributed by atoms with Gasteiger partial charge in [-0.3, -0.25) is 4.79 Å². The van der Waals surface area contributed by atoms with Crippen LogP contribution in [-0.2, 0) is 9.47 Å². The van der Waals surface area contributed by atoms with Gasteiger partial charge in [-0.05, 0) is 31.2 Å². The minimum atomic E-state index is -0.827. The number of nitrogens with zero attached hydrogens (tertiary/aromatic N) is 1. The molecule has 0 fully saturated rings. The zero-order valence-electron chi connectivity index (χ0n) is 13.4. The summed E-state index contributed by atoms with van der Waals surface area (Å²) in [5.41, 5.74) is -0.397. The lowest BCUT2D eigenvalue weighted by Crippen LogP contribution is -2.17. The Hall–Kier alpha value is -2.74. The van der Waals surface area contributed by atoms with Crippen molar-refractivity contribution in [3.8, 4) is 5.75 Å². The van der Waals surface area contributed by atoms with Gasteiger partial charge in [-0.15, -0.1) is 0 Å². The zero-order chi connectivity index (χ0) is 18.6. The summed E-state index contributed by atoms with van der Waals surface area (Å²) in [6, 6.07) is 5.57.